The van der Waals surface area contributed by atoms with E-state index in [0.29, 0.717) is 6.42 Å². The van der Waals surface area contributed by atoms with Crippen LogP contribution < -0.4 is 5.73 Å². The molecule has 6 nitrogen and oxygen atoms in total. The summed E-state index contributed by atoms with van der Waals surface area (Å²) in [7, 11) is 0. The average molecular weight is 214 g/mol. The number of carbonyl (C=O) groups excluding carboxylic acids is 2. The highest BCUT2D eigenvalue weighted by Crippen LogP contribution is 2.21. The van der Waals surface area contributed by atoms with Gasteiger partial charge in [-0.3, -0.25) is 14.4 Å². The first kappa shape index (κ1) is 11.5. The zero-order valence-electron chi connectivity index (χ0n) is 8.47. The Morgan fingerprint density at radius 2 is 2.27 bits per heavy atom. The normalized spacial score (nSPS) is 22.9. The smallest absolute Gasteiger partial charge is 0.308 e. The number of aliphatic carboxylic acids is 1. The van der Waals surface area contributed by atoms with E-state index < -0.39 is 23.8 Å². The number of carbonyl (C=O) groups is 3. The quantitative estimate of drug-likeness (QED) is 0.638. The maximum Gasteiger partial charge on any atom is 0.308 e. The summed E-state index contributed by atoms with van der Waals surface area (Å²) in [6.07, 6.45) is 0.368. The van der Waals surface area contributed by atoms with Crippen molar-refractivity contribution in [1.29, 1.82) is 0 Å². The van der Waals surface area contributed by atoms with E-state index in [4.69, 9.17) is 10.8 Å². The monoisotopic (exact) mass is 214 g/mol. The summed E-state index contributed by atoms with van der Waals surface area (Å²) in [5, 5.41) is 8.75. The Morgan fingerprint density at radius 1 is 1.67 bits per heavy atom. The van der Waals surface area contributed by atoms with E-state index >= 15 is 0 Å². The first-order valence-electron chi connectivity index (χ1n) is 4.79. The largest absolute Gasteiger partial charge is 0.481 e. The van der Waals surface area contributed by atoms with Gasteiger partial charge in [-0.15, -0.1) is 0 Å². The highest BCUT2D eigenvalue weighted by molar-refractivity contribution is 5.91. The number of hydrogen-bond acceptors (Lipinski definition) is 3. The lowest BCUT2D eigenvalue weighted by molar-refractivity contribution is -0.141. The number of hydrogen-bond donors (Lipinski definition) is 2. The minimum absolute atomic E-state index is 0.0425. The molecule has 84 valence electrons. The standard InChI is InChI=1S/C9H14N2O4/c1-2-6(8(10)13)11-4-5(9(14)15)3-7(11)12/h5-6H,2-4H2,1H3,(H2,10,13)(H,14,15)/t5-,6-/m1/s1. The second-order valence-electron chi connectivity index (χ2n) is 3.61. The predicted octanol–water partition coefficient (Wildman–Crippen LogP) is -0.817. The summed E-state index contributed by atoms with van der Waals surface area (Å²) in [5.74, 6) is -2.62. The SMILES string of the molecule is CC[C@H](C(N)=O)N1C[C@H](C(=O)O)CC1=O. The summed E-state index contributed by atoms with van der Waals surface area (Å²) in [6.45, 7) is 1.81. The van der Waals surface area contributed by atoms with Gasteiger partial charge in [0.05, 0.1) is 5.92 Å². The fraction of sp³-hybridized carbons (Fsp3) is 0.667. The molecule has 0 aromatic rings. The van der Waals surface area contributed by atoms with Gasteiger partial charge in [0, 0.05) is 13.0 Å². The maximum absolute atomic E-state index is 11.4. The Labute approximate surface area is 87.0 Å². The van der Waals surface area contributed by atoms with Crippen molar-refractivity contribution in [2.45, 2.75) is 25.8 Å². The third-order valence-electron chi connectivity index (χ3n) is 2.60. The van der Waals surface area contributed by atoms with E-state index in [2.05, 4.69) is 0 Å². The predicted molar refractivity (Wildman–Crippen MR) is 50.7 cm³/mol. The molecule has 15 heavy (non-hydrogen) atoms. The van der Waals surface area contributed by atoms with Crippen LogP contribution in [0, 0.1) is 5.92 Å². The van der Waals surface area contributed by atoms with E-state index in [1.54, 1.807) is 6.92 Å². The summed E-state index contributed by atoms with van der Waals surface area (Å²) in [4.78, 5) is 34.4. The molecule has 6 heteroatoms. The van der Waals surface area contributed by atoms with Crippen molar-refractivity contribution in [1.82, 2.24) is 4.90 Å². The van der Waals surface area contributed by atoms with E-state index in [-0.39, 0.29) is 18.9 Å². The van der Waals surface area contributed by atoms with Crippen LogP contribution in [0.4, 0.5) is 0 Å². The highest BCUT2D eigenvalue weighted by atomic mass is 16.4. The fourth-order valence-corrected chi connectivity index (χ4v) is 1.77. The summed E-state index contributed by atoms with van der Waals surface area (Å²) < 4.78 is 0. The van der Waals surface area contributed by atoms with Gasteiger partial charge in [0.1, 0.15) is 6.04 Å². The summed E-state index contributed by atoms with van der Waals surface area (Å²) in [5.41, 5.74) is 5.13. The second kappa shape index (κ2) is 4.29. The van der Waals surface area contributed by atoms with Crippen molar-refractivity contribution < 1.29 is 19.5 Å². The third kappa shape index (κ3) is 2.26. The molecule has 0 spiro atoms. The van der Waals surface area contributed by atoms with Gasteiger partial charge in [0.2, 0.25) is 11.8 Å². The molecule has 0 bridgehead atoms. The van der Waals surface area contributed by atoms with Gasteiger partial charge in [-0.25, -0.2) is 0 Å². The van der Waals surface area contributed by atoms with Crippen LogP contribution in [0.1, 0.15) is 19.8 Å². The van der Waals surface area contributed by atoms with E-state index in [1.807, 2.05) is 0 Å². The van der Waals surface area contributed by atoms with Gasteiger partial charge < -0.3 is 15.7 Å². The van der Waals surface area contributed by atoms with Crippen molar-refractivity contribution in [3.05, 3.63) is 0 Å². The minimum atomic E-state index is -1.01. The van der Waals surface area contributed by atoms with Crippen LogP contribution in [0.15, 0.2) is 0 Å². The molecule has 0 saturated carbocycles. The van der Waals surface area contributed by atoms with Gasteiger partial charge >= 0.3 is 5.97 Å². The zero-order chi connectivity index (χ0) is 11.6. The average Bonchev–Trinajstić information content (AvgIpc) is 2.49. The zero-order valence-corrected chi connectivity index (χ0v) is 8.47. The van der Waals surface area contributed by atoms with Crippen molar-refractivity contribution >= 4 is 17.8 Å². The van der Waals surface area contributed by atoms with Crippen molar-refractivity contribution in [2.24, 2.45) is 11.7 Å². The van der Waals surface area contributed by atoms with E-state index in [9.17, 15) is 14.4 Å². The van der Waals surface area contributed by atoms with Gasteiger partial charge in [-0.2, -0.15) is 0 Å². The lowest BCUT2D eigenvalue weighted by Crippen LogP contribution is -2.45. The Balaban J connectivity index is 2.75. The number of nitrogens with two attached hydrogens (primary N) is 1. The number of amides is 2. The van der Waals surface area contributed by atoms with Crippen molar-refractivity contribution in [3.8, 4) is 0 Å². The molecule has 0 radical (unpaired) electrons. The minimum Gasteiger partial charge on any atom is -0.481 e. The lowest BCUT2D eigenvalue weighted by atomic mass is 10.1. The molecule has 0 aromatic heterocycles. The number of nitrogens with zero attached hydrogens (tertiary/aromatic N) is 1. The number of carboxylic acids is 1. The molecule has 0 aliphatic carbocycles. The molecule has 2 atom stereocenters. The molecule has 1 aliphatic rings. The van der Waals surface area contributed by atoms with Gasteiger partial charge in [-0.05, 0) is 6.42 Å². The molecule has 1 heterocycles. The number of likely N-dealkylation sites (tertiary alicyclic amines) is 1. The van der Waals surface area contributed by atoms with Gasteiger partial charge in [0.25, 0.3) is 0 Å². The Kier molecular flexibility index (Phi) is 3.28. The molecule has 0 aromatic carbocycles. The first-order valence-corrected chi connectivity index (χ1v) is 4.79. The Bertz CT molecular complexity index is 302. The van der Waals surface area contributed by atoms with Crippen molar-refractivity contribution in [2.75, 3.05) is 6.54 Å². The molecular formula is C9H14N2O4. The summed E-state index contributed by atoms with van der Waals surface area (Å²) in [6, 6.07) is -0.679. The summed E-state index contributed by atoms with van der Waals surface area (Å²) >= 11 is 0. The van der Waals surface area contributed by atoms with Crippen LogP contribution in [0.2, 0.25) is 0 Å². The van der Waals surface area contributed by atoms with Crippen LogP contribution in [-0.2, 0) is 14.4 Å². The van der Waals surface area contributed by atoms with Crippen LogP contribution in [-0.4, -0.2) is 40.4 Å². The number of carboxylic acid groups (broad SMARTS) is 1. The molecule has 3 N–H and O–H groups in total. The van der Waals surface area contributed by atoms with E-state index in [0.717, 1.165) is 0 Å². The van der Waals surface area contributed by atoms with Crippen LogP contribution in [0.25, 0.3) is 0 Å². The Hall–Kier alpha value is -1.59. The molecule has 1 saturated heterocycles. The van der Waals surface area contributed by atoms with Crippen LogP contribution in [0.3, 0.4) is 0 Å². The molecule has 2 amide bonds. The number of primary amides is 1. The molecule has 1 rings (SSSR count). The Morgan fingerprint density at radius 3 is 2.60 bits per heavy atom. The van der Waals surface area contributed by atoms with Crippen molar-refractivity contribution in [3.63, 3.8) is 0 Å². The molecule has 1 fully saturated rings. The third-order valence-corrected chi connectivity index (χ3v) is 2.60. The van der Waals surface area contributed by atoms with Crippen LogP contribution in [0.5, 0.6) is 0 Å². The fourth-order valence-electron chi connectivity index (χ4n) is 1.77. The lowest BCUT2D eigenvalue weighted by Gasteiger charge is -2.23. The molecule has 1 aliphatic heterocycles. The topological polar surface area (TPSA) is 101 Å². The molecule has 0 unspecified atom stereocenters. The van der Waals surface area contributed by atoms with Gasteiger partial charge in [0.15, 0.2) is 0 Å². The highest BCUT2D eigenvalue weighted by Gasteiger charge is 2.38. The number of rotatable bonds is 4. The van der Waals surface area contributed by atoms with Gasteiger partial charge in [-0.1, -0.05) is 6.92 Å². The first-order chi connectivity index (χ1) is 6.97. The van der Waals surface area contributed by atoms with E-state index in [1.165, 1.54) is 4.90 Å². The molecular weight excluding hydrogens is 200 g/mol. The maximum atomic E-state index is 11.4. The second-order valence-corrected chi connectivity index (χ2v) is 3.61. The van der Waals surface area contributed by atoms with Crippen LogP contribution >= 0.6 is 0 Å².